The lowest BCUT2D eigenvalue weighted by atomic mass is 9.84. The summed E-state index contributed by atoms with van der Waals surface area (Å²) in [6.07, 6.45) is 15.4. The van der Waals surface area contributed by atoms with Gasteiger partial charge >= 0.3 is 0 Å². The van der Waals surface area contributed by atoms with Crippen LogP contribution in [0.25, 0.3) is 0 Å². The van der Waals surface area contributed by atoms with Crippen molar-refractivity contribution in [1.29, 1.82) is 0 Å². The molecule has 0 rings (SSSR count). The van der Waals surface area contributed by atoms with E-state index in [1.807, 2.05) is 0 Å². The Morgan fingerprint density at radius 1 is 0.867 bits per heavy atom. The Bertz CT molecular complexity index is 153. The molecule has 0 saturated carbocycles. The van der Waals surface area contributed by atoms with Crippen molar-refractivity contribution in [1.82, 2.24) is 0 Å². The summed E-state index contributed by atoms with van der Waals surface area (Å²) < 4.78 is 0. The molecule has 0 heterocycles. The Hall–Kier alpha value is -0.260. The van der Waals surface area contributed by atoms with Gasteiger partial charge in [-0.1, -0.05) is 65.5 Å². The lowest BCUT2D eigenvalue weighted by Gasteiger charge is -2.22. The van der Waals surface area contributed by atoms with Crippen molar-refractivity contribution in [3.63, 3.8) is 0 Å². The van der Waals surface area contributed by atoms with E-state index >= 15 is 0 Å². The first-order valence-corrected chi connectivity index (χ1v) is 6.77. The van der Waals surface area contributed by atoms with Crippen LogP contribution in [0, 0.1) is 5.41 Å². The largest absolute Gasteiger partial charge is 0.0888 e. The van der Waals surface area contributed by atoms with Gasteiger partial charge in [0, 0.05) is 0 Å². The standard InChI is InChI=1S/C15H30/c1-5-7-8-9-10-11-12-13-14-15(3,4)6-2/h7-8H,5-6,9-14H2,1-4H3/b8-7+. The Labute approximate surface area is 97.2 Å². The van der Waals surface area contributed by atoms with Gasteiger partial charge in [-0.2, -0.15) is 0 Å². The molecule has 0 amide bonds. The summed E-state index contributed by atoms with van der Waals surface area (Å²) in [4.78, 5) is 0. The second-order valence-electron chi connectivity index (χ2n) is 5.35. The van der Waals surface area contributed by atoms with E-state index in [1.54, 1.807) is 0 Å². The van der Waals surface area contributed by atoms with Crippen molar-refractivity contribution in [3.05, 3.63) is 12.2 Å². The molecule has 0 N–H and O–H groups in total. The zero-order valence-corrected chi connectivity index (χ0v) is 11.3. The van der Waals surface area contributed by atoms with Crippen molar-refractivity contribution in [3.8, 4) is 0 Å². The van der Waals surface area contributed by atoms with E-state index in [-0.39, 0.29) is 0 Å². The first-order valence-electron chi connectivity index (χ1n) is 6.77. The summed E-state index contributed by atoms with van der Waals surface area (Å²) in [5, 5.41) is 0. The number of unbranched alkanes of at least 4 members (excludes halogenated alkanes) is 4. The van der Waals surface area contributed by atoms with Crippen LogP contribution in [0.4, 0.5) is 0 Å². The molecule has 0 nitrogen and oxygen atoms in total. The highest BCUT2D eigenvalue weighted by Crippen LogP contribution is 2.27. The lowest BCUT2D eigenvalue weighted by Crippen LogP contribution is -2.08. The summed E-state index contributed by atoms with van der Waals surface area (Å²) in [5.41, 5.74) is 0.572. The molecule has 0 aromatic rings. The second-order valence-corrected chi connectivity index (χ2v) is 5.35. The minimum Gasteiger partial charge on any atom is -0.0888 e. The average molecular weight is 210 g/mol. The molecule has 0 fully saturated rings. The molecule has 0 unspecified atom stereocenters. The van der Waals surface area contributed by atoms with Gasteiger partial charge in [-0.05, 0) is 31.1 Å². The Morgan fingerprint density at radius 3 is 2.13 bits per heavy atom. The molecule has 0 bridgehead atoms. The van der Waals surface area contributed by atoms with E-state index in [4.69, 9.17) is 0 Å². The van der Waals surface area contributed by atoms with Crippen molar-refractivity contribution in [2.75, 3.05) is 0 Å². The molecule has 0 saturated heterocycles. The summed E-state index contributed by atoms with van der Waals surface area (Å²) >= 11 is 0. The van der Waals surface area contributed by atoms with E-state index in [1.165, 1.54) is 51.4 Å². The zero-order valence-electron chi connectivity index (χ0n) is 11.3. The monoisotopic (exact) mass is 210 g/mol. The minimum atomic E-state index is 0.572. The maximum atomic E-state index is 2.39. The van der Waals surface area contributed by atoms with E-state index < -0.39 is 0 Å². The van der Waals surface area contributed by atoms with Gasteiger partial charge in [-0.3, -0.25) is 0 Å². The van der Waals surface area contributed by atoms with E-state index in [9.17, 15) is 0 Å². The highest BCUT2D eigenvalue weighted by Gasteiger charge is 2.13. The molecule has 0 atom stereocenters. The van der Waals surface area contributed by atoms with Gasteiger partial charge in [-0.15, -0.1) is 0 Å². The van der Waals surface area contributed by atoms with Gasteiger partial charge in [0.25, 0.3) is 0 Å². The van der Waals surface area contributed by atoms with E-state index in [0.717, 1.165) is 0 Å². The van der Waals surface area contributed by atoms with Gasteiger partial charge < -0.3 is 0 Å². The molecular weight excluding hydrogens is 180 g/mol. The Balaban J connectivity index is 3.22. The van der Waals surface area contributed by atoms with Crippen LogP contribution in [-0.4, -0.2) is 0 Å². The van der Waals surface area contributed by atoms with Crippen molar-refractivity contribution < 1.29 is 0 Å². The third-order valence-electron chi connectivity index (χ3n) is 3.33. The van der Waals surface area contributed by atoms with Gasteiger partial charge in [0.1, 0.15) is 0 Å². The van der Waals surface area contributed by atoms with Crippen molar-refractivity contribution in [2.24, 2.45) is 5.41 Å². The first-order chi connectivity index (χ1) is 7.12. The average Bonchev–Trinajstić information content (AvgIpc) is 2.22. The minimum absolute atomic E-state index is 0.572. The fraction of sp³-hybridized carbons (Fsp3) is 0.867. The summed E-state index contributed by atoms with van der Waals surface area (Å²) in [6, 6.07) is 0. The third kappa shape index (κ3) is 10.0. The maximum Gasteiger partial charge on any atom is -0.0351 e. The molecule has 0 aromatic carbocycles. The van der Waals surface area contributed by atoms with Crippen LogP contribution in [0.5, 0.6) is 0 Å². The van der Waals surface area contributed by atoms with Crippen LogP contribution in [-0.2, 0) is 0 Å². The second kappa shape index (κ2) is 9.00. The zero-order chi connectivity index (χ0) is 11.6. The molecule has 0 aromatic heterocycles. The predicted octanol–water partition coefficient (Wildman–Crippen LogP) is 5.73. The van der Waals surface area contributed by atoms with Crippen LogP contribution in [0.1, 0.15) is 79.1 Å². The fourth-order valence-electron chi connectivity index (χ4n) is 1.68. The number of rotatable bonds is 9. The quantitative estimate of drug-likeness (QED) is 0.337. The summed E-state index contributed by atoms with van der Waals surface area (Å²) in [7, 11) is 0. The summed E-state index contributed by atoms with van der Waals surface area (Å²) in [5.74, 6) is 0. The highest BCUT2D eigenvalue weighted by atomic mass is 14.2. The predicted molar refractivity (Wildman–Crippen MR) is 71.2 cm³/mol. The normalized spacial score (nSPS) is 12.5. The van der Waals surface area contributed by atoms with Gasteiger partial charge in [0.05, 0.1) is 0 Å². The lowest BCUT2D eigenvalue weighted by molar-refractivity contribution is 0.307. The van der Waals surface area contributed by atoms with Crippen LogP contribution in [0.15, 0.2) is 12.2 Å². The fourth-order valence-corrected chi connectivity index (χ4v) is 1.68. The third-order valence-corrected chi connectivity index (χ3v) is 3.33. The van der Waals surface area contributed by atoms with E-state index in [0.29, 0.717) is 5.41 Å². The highest BCUT2D eigenvalue weighted by molar-refractivity contribution is 4.79. The van der Waals surface area contributed by atoms with Crippen molar-refractivity contribution in [2.45, 2.75) is 79.1 Å². The Morgan fingerprint density at radius 2 is 1.53 bits per heavy atom. The topological polar surface area (TPSA) is 0 Å². The molecule has 0 spiro atoms. The number of hydrogen-bond donors (Lipinski definition) is 0. The molecule has 0 radical (unpaired) electrons. The Kier molecular flexibility index (Phi) is 8.85. The molecule has 0 heteroatoms. The van der Waals surface area contributed by atoms with Gasteiger partial charge in [0.15, 0.2) is 0 Å². The SMILES string of the molecule is CC/C=C/CCCCCCC(C)(C)CC. The molecule has 0 aliphatic carbocycles. The molecule has 0 aliphatic rings. The van der Waals surface area contributed by atoms with Crippen LogP contribution >= 0.6 is 0 Å². The molecular formula is C15H30. The van der Waals surface area contributed by atoms with E-state index in [2.05, 4.69) is 39.8 Å². The maximum absolute atomic E-state index is 2.39. The molecule has 15 heavy (non-hydrogen) atoms. The van der Waals surface area contributed by atoms with Crippen LogP contribution in [0.3, 0.4) is 0 Å². The van der Waals surface area contributed by atoms with Crippen LogP contribution < -0.4 is 0 Å². The number of allylic oxidation sites excluding steroid dienone is 2. The molecule has 90 valence electrons. The number of hydrogen-bond acceptors (Lipinski definition) is 0. The van der Waals surface area contributed by atoms with Crippen molar-refractivity contribution >= 4 is 0 Å². The smallest absolute Gasteiger partial charge is 0.0351 e. The first kappa shape index (κ1) is 14.7. The van der Waals surface area contributed by atoms with Gasteiger partial charge in [0.2, 0.25) is 0 Å². The van der Waals surface area contributed by atoms with Gasteiger partial charge in [-0.25, -0.2) is 0 Å². The summed E-state index contributed by atoms with van der Waals surface area (Å²) in [6.45, 7) is 9.27. The molecule has 0 aliphatic heterocycles. The van der Waals surface area contributed by atoms with Crippen LogP contribution in [0.2, 0.25) is 0 Å².